The molecular weight excluding hydrogens is 296 g/mol. The fraction of sp³-hybridized carbons (Fsp3) is 0.0769. The Kier molecular flexibility index (Phi) is 3.94. The fourth-order valence-corrected chi connectivity index (χ4v) is 1.80. The summed E-state index contributed by atoms with van der Waals surface area (Å²) in [5.74, 6) is 0.484. The third-order valence-corrected chi connectivity index (χ3v) is 2.73. The molecule has 0 saturated heterocycles. The first kappa shape index (κ1) is 12.6. The maximum Gasteiger partial charge on any atom is 0.257 e. The van der Waals surface area contributed by atoms with E-state index in [4.69, 9.17) is 4.74 Å². The van der Waals surface area contributed by atoms with E-state index in [1.54, 1.807) is 31.5 Å². The number of carbonyl (C=O) groups is 1. The third-order valence-electron chi connectivity index (χ3n) is 2.29. The number of carbonyl (C=O) groups excluding carboxylic acids is 1. The minimum Gasteiger partial charge on any atom is -0.497 e. The Balaban J connectivity index is 2.16. The van der Waals surface area contributed by atoms with Crippen LogP contribution in [0.5, 0.6) is 5.75 Å². The largest absolute Gasteiger partial charge is 0.497 e. The average Bonchev–Trinajstić information content (AvgIpc) is 2.39. The topological polar surface area (TPSA) is 51.2 Å². The molecule has 0 bridgehead atoms. The smallest absolute Gasteiger partial charge is 0.257 e. The number of nitrogens with zero attached hydrogens (tertiary/aromatic N) is 1. The van der Waals surface area contributed by atoms with Crippen molar-refractivity contribution < 1.29 is 9.53 Å². The van der Waals surface area contributed by atoms with E-state index in [0.717, 1.165) is 4.47 Å². The van der Waals surface area contributed by atoms with Crippen LogP contribution < -0.4 is 10.1 Å². The molecule has 1 heterocycles. The second-order valence-electron chi connectivity index (χ2n) is 3.58. The molecule has 5 heteroatoms. The Labute approximate surface area is 113 Å². The zero-order valence-electron chi connectivity index (χ0n) is 9.68. The van der Waals surface area contributed by atoms with Crippen molar-refractivity contribution in [2.24, 2.45) is 0 Å². The van der Waals surface area contributed by atoms with Crippen LogP contribution in [0.1, 0.15) is 10.4 Å². The maximum atomic E-state index is 12.0. The maximum absolute atomic E-state index is 12.0. The molecule has 2 rings (SSSR count). The van der Waals surface area contributed by atoms with Crippen LogP contribution in [0.25, 0.3) is 0 Å². The van der Waals surface area contributed by atoms with Gasteiger partial charge in [0.2, 0.25) is 0 Å². The average molecular weight is 307 g/mol. The Morgan fingerprint density at radius 3 is 2.89 bits per heavy atom. The quantitative estimate of drug-likeness (QED) is 0.948. The molecular formula is C13H11BrN2O2. The molecule has 92 valence electrons. The molecule has 1 aromatic heterocycles. The van der Waals surface area contributed by atoms with Crippen molar-refractivity contribution in [2.45, 2.75) is 0 Å². The molecule has 0 atom stereocenters. The number of methoxy groups -OCH3 is 1. The zero-order chi connectivity index (χ0) is 13.0. The molecule has 1 N–H and O–H groups in total. The number of anilines is 1. The molecule has 1 amide bonds. The van der Waals surface area contributed by atoms with Gasteiger partial charge in [0.15, 0.2) is 0 Å². The normalized spacial score (nSPS) is 9.89. The third kappa shape index (κ3) is 3.07. The van der Waals surface area contributed by atoms with Gasteiger partial charge < -0.3 is 10.1 Å². The van der Waals surface area contributed by atoms with Crippen LogP contribution in [-0.4, -0.2) is 18.0 Å². The van der Waals surface area contributed by atoms with Crippen LogP contribution in [0.4, 0.5) is 5.69 Å². The molecule has 0 radical (unpaired) electrons. The second kappa shape index (κ2) is 5.64. The molecule has 18 heavy (non-hydrogen) atoms. The highest BCUT2D eigenvalue weighted by molar-refractivity contribution is 9.10. The van der Waals surface area contributed by atoms with Gasteiger partial charge in [0.1, 0.15) is 5.75 Å². The van der Waals surface area contributed by atoms with Gasteiger partial charge in [0, 0.05) is 28.6 Å². The lowest BCUT2D eigenvalue weighted by Gasteiger charge is -2.06. The van der Waals surface area contributed by atoms with Crippen LogP contribution in [0.15, 0.2) is 47.2 Å². The van der Waals surface area contributed by atoms with Crippen molar-refractivity contribution in [2.75, 3.05) is 12.4 Å². The van der Waals surface area contributed by atoms with Gasteiger partial charge in [-0.2, -0.15) is 0 Å². The highest BCUT2D eigenvalue weighted by Crippen LogP contribution is 2.18. The molecule has 0 spiro atoms. The monoisotopic (exact) mass is 306 g/mol. The van der Waals surface area contributed by atoms with Crippen molar-refractivity contribution in [3.63, 3.8) is 0 Å². The van der Waals surface area contributed by atoms with Crippen LogP contribution >= 0.6 is 15.9 Å². The molecule has 2 aromatic rings. The van der Waals surface area contributed by atoms with Crippen LogP contribution in [0.2, 0.25) is 0 Å². The SMILES string of the molecule is COc1cccc(NC(=O)c2cncc(Br)c2)c1. The van der Waals surface area contributed by atoms with E-state index >= 15 is 0 Å². The Bertz CT molecular complexity index is 572. The minimum atomic E-state index is -0.211. The number of hydrogen-bond donors (Lipinski definition) is 1. The summed E-state index contributed by atoms with van der Waals surface area (Å²) < 4.78 is 5.85. The van der Waals surface area contributed by atoms with E-state index in [0.29, 0.717) is 17.0 Å². The van der Waals surface area contributed by atoms with Gasteiger partial charge in [0.25, 0.3) is 5.91 Å². The summed E-state index contributed by atoms with van der Waals surface area (Å²) in [4.78, 5) is 15.9. The van der Waals surface area contributed by atoms with Gasteiger partial charge in [-0.15, -0.1) is 0 Å². The van der Waals surface area contributed by atoms with E-state index in [2.05, 4.69) is 26.2 Å². The van der Waals surface area contributed by atoms with E-state index in [1.807, 2.05) is 12.1 Å². The number of halogens is 1. The van der Waals surface area contributed by atoms with E-state index in [-0.39, 0.29) is 5.91 Å². The number of amides is 1. The first-order valence-electron chi connectivity index (χ1n) is 5.25. The number of pyridine rings is 1. The first-order valence-corrected chi connectivity index (χ1v) is 6.04. The van der Waals surface area contributed by atoms with Gasteiger partial charge in [-0.05, 0) is 34.1 Å². The summed E-state index contributed by atoms with van der Waals surface area (Å²) in [5, 5.41) is 2.78. The first-order chi connectivity index (χ1) is 8.69. The van der Waals surface area contributed by atoms with Gasteiger partial charge >= 0.3 is 0 Å². The molecule has 0 aliphatic heterocycles. The molecule has 0 aliphatic carbocycles. The molecule has 0 unspecified atom stereocenters. The molecule has 4 nitrogen and oxygen atoms in total. The zero-order valence-corrected chi connectivity index (χ0v) is 11.3. The lowest BCUT2D eigenvalue weighted by Crippen LogP contribution is -2.12. The highest BCUT2D eigenvalue weighted by atomic mass is 79.9. The number of rotatable bonds is 3. The summed E-state index contributed by atoms with van der Waals surface area (Å²) in [6.07, 6.45) is 3.14. The number of ether oxygens (including phenoxy) is 1. The van der Waals surface area contributed by atoms with Crippen molar-refractivity contribution in [1.29, 1.82) is 0 Å². The molecule has 0 aliphatic rings. The summed E-state index contributed by atoms with van der Waals surface area (Å²) in [6.45, 7) is 0. The Morgan fingerprint density at radius 1 is 1.33 bits per heavy atom. The predicted octanol–water partition coefficient (Wildman–Crippen LogP) is 3.11. The molecule has 0 fully saturated rings. The second-order valence-corrected chi connectivity index (χ2v) is 4.49. The van der Waals surface area contributed by atoms with Gasteiger partial charge in [-0.1, -0.05) is 6.07 Å². The van der Waals surface area contributed by atoms with Crippen molar-refractivity contribution in [1.82, 2.24) is 4.98 Å². The number of nitrogens with one attached hydrogen (secondary N) is 1. The van der Waals surface area contributed by atoms with Crippen molar-refractivity contribution in [3.8, 4) is 5.75 Å². The van der Waals surface area contributed by atoms with Gasteiger partial charge in [0.05, 0.1) is 12.7 Å². The lowest BCUT2D eigenvalue weighted by molar-refractivity contribution is 0.102. The highest BCUT2D eigenvalue weighted by Gasteiger charge is 2.07. The number of benzene rings is 1. The van der Waals surface area contributed by atoms with Gasteiger partial charge in [-0.25, -0.2) is 0 Å². The van der Waals surface area contributed by atoms with Crippen molar-refractivity contribution >= 4 is 27.5 Å². The van der Waals surface area contributed by atoms with E-state index < -0.39 is 0 Å². The van der Waals surface area contributed by atoms with Crippen LogP contribution in [-0.2, 0) is 0 Å². The summed E-state index contributed by atoms with van der Waals surface area (Å²) >= 11 is 3.28. The number of hydrogen-bond acceptors (Lipinski definition) is 3. The summed E-state index contributed by atoms with van der Waals surface area (Å²) in [5.41, 5.74) is 1.17. The predicted molar refractivity (Wildman–Crippen MR) is 72.9 cm³/mol. The van der Waals surface area contributed by atoms with Crippen LogP contribution in [0, 0.1) is 0 Å². The van der Waals surface area contributed by atoms with E-state index in [9.17, 15) is 4.79 Å². The molecule has 1 aromatic carbocycles. The van der Waals surface area contributed by atoms with E-state index in [1.165, 1.54) is 6.20 Å². The standard InChI is InChI=1S/C13H11BrN2O2/c1-18-12-4-2-3-11(6-12)16-13(17)9-5-10(14)8-15-7-9/h2-8H,1H3,(H,16,17). The lowest BCUT2D eigenvalue weighted by atomic mass is 10.2. The summed E-state index contributed by atoms with van der Waals surface area (Å²) in [6, 6.07) is 8.89. The van der Waals surface area contributed by atoms with Gasteiger partial charge in [-0.3, -0.25) is 9.78 Å². The van der Waals surface area contributed by atoms with Crippen LogP contribution in [0.3, 0.4) is 0 Å². The number of aromatic nitrogens is 1. The summed E-state index contributed by atoms with van der Waals surface area (Å²) in [7, 11) is 1.58. The molecule has 0 saturated carbocycles. The minimum absolute atomic E-state index is 0.211. The fourth-order valence-electron chi connectivity index (χ4n) is 1.44. The Hall–Kier alpha value is -1.88. The van der Waals surface area contributed by atoms with Crippen molar-refractivity contribution in [3.05, 3.63) is 52.8 Å². The Morgan fingerprint density at radius 2 is 2.17 bits per heavy atom.